The summed E-state index contributed by atoms with van der Waals surface area (Å²) in [7, 11) is -0.413. The zero-order valence-electron chi connectivity index (χ0n) is 60.8. The van der Waals surface area contributed by atoms with E-state index in [1.807, 2.05) is 182 Å². The molecule has 0 amide bonds. The monoisotopic (exact) mass is 1470 g/mol. The largest absolute Gasteiger partial charge is 0.494 e. The Bertz CT molecular complexity index is 7510. The number of fused-ring (bicyclic) bond motifs is 18. The minimum absolute atomic E-state index is 0.155. The van der Waals surface area contributed by atoms with E-state index < -0.39 is 7.12 Å². The molecule has 8 aromatic heterocycles. The van der Waals surface area contributed by atoms with Crippen LogP contribution in [0.25, 0.3) is 211 Å². The summed E-state index contributed by atoms with van der Waals surface area (Å²) in [6.45, 7) is 8.27. The number of benzene rings is 14. The molecule has 0 unspecified atom stereocenters. The van der Waals surface area contributed by atoms with Gasteiger partial charge in [0.25, 0.3) is 0 Å². The van der Waals surface area contributed by atoms with Crippen LogP contribution in [0.4, 0.5) is 0 Å². The molecule has 14 aromatic carbocycles. The molecule has 0 N–H and O–H groups in total. The van der Waals surface area contributed by atoms with Gasteiger partial charge in [0.05, 0.1) is 22.3 Å². The van der Waals surface area contributed by atoms with Gasteiger partial charge in [0.15, 0.2) is 29.1 Å². The Balaban J connectivity index is 0.000000113. The number of para-hydroxylation sites is 6. The minimum atomic E-state index is -0.413. The van der Waals surface area contributed by atoms with Crippen LogP contribution in [0.15, 0.2) is 330 Å². The molecule has 9 heterocycles. The van der Waals surface area contributed by atoms with Crippen molar-refractivity contribution in [3.8, 4) is 79.2 Å². The first kappa shape index (κ1) is 66.4. The molecule has 22 aromatic rings. The Kier molecular flexibility index (Phi) is 15.5. The normalized spacial score (nSPS) is 13.5. The molecule has 0 spiro atoms. The lowest BCUT2D eigenvalue weighted by Gasteiger charge is -2.32. The van der Waals surface area contributed by atoms with Crippen LogP contribution in [0.5, 0.6) is 0 Å². The van der Waals surface area contributed by atoms with E-state index in [1.54, 1.807) is 0 Å². The fourth-order valence-electron chi connectivity index (χ4n) is 15.4. The average molecular weight is 1470 g/mol. The van der Waals surface area contributed by atoms with Gasteiger partial charge >= 0.3 is 7.12 Å². The molecule has 0 bridgehead atoms. The zero-order chi connectivity index (χ0) is 74.9. The third-order valence-corrected chi connectivity index (χ3v) is 21.9. The summed E-state index contributed by atoms with van der Waals surface area (Å²) < 4.78 is 50.0. The lowest BCUT2D eigenvalue weighted by Crippen LogP contribution is -2.41. The predicted octanol–water partition coefficient (Wildman–Crippen LogP) is 25.4. The van der Waals surface area contributed by atoms with Crippen molar-refractivity contribution in [3.05, 3.63) is 309 Å². The van der Waals surface area contributed by atoms with Gasteiger partial charge in [-0.1, -0.05) is 200 Å². The maximum atomic E-state index is 6.52. The quantitative estimate of drug-likeness (QED) is 0.131. The Labute approximate surface area is 644 Å². The van der Waals surface area contributed by atoms with Crippen LogP contribution in [-0.2, 0) is 9.31 Å². The number of halogens is 1. The van der Waals surface area contributed by atoms with E-state index in [9.17, 15) is 0 Å². The lowest BCUT2D eigenvalue weighted by atomic mass is 9.79. The number of rotatable bonds is 8. The Hall–Kier alpha value is -13.8. The zero-order valence-corrected chi connectivity index (χ0v) is 61.5. The topological polar surface area (TPSA) is 175 Å². The van der Waals surface area contributed by atoms with Gasteiger partial charge in [-0.2, -0.15) is 9.97 Å². The van der Waals surface area contributed by atoms with Crippen molar-refractivity contribution < 1.29 is 35.8 Å². The highest BCUT2D eigenvalue weighted by Crippen LogP contribution is 2.43. The highest BCUT2D eigenvalue weighted by molar-refractivity contribution is 6.62. The molecule has 1 fully saturated rings. The van der Waals surface area contributed by atoms with Crippen LogP contribution in [0, 0.1) is 0 Å². The molecule has 0 aliphatic carbocycles. The van der Waals surface area contributed by atoms with Crippen molar-refractivity contribution in [2.75, 3.05) is 0 Å². The smallest absolute Gasteiger partial charge is 0.456 e. The minimum Gasteiger partial charge on any atom is -0.456 e. The van der Waals surface area contributed by atoms with Crippen molar-refractivity contribution in [1.82, 2.24) is 29.9 Å². The molecular formula is C96H62BClN6O8. The molecule has 1 saturated heterocycles. The maximum absolute atomic E-state index is 6.52. The molecule has 1 aliphatic rings. The summed E-state index contributed by atoms with van der Waals surface area (Å²) in [5.41, 5.74) is 18.7. The Morgan fingerprint density at radius 2 is 0.518 bits per heavy atom. The first-order valence-electron chi connectivity index (χ1n) is 37.0. The summed E-state index contributed by atoms with van der Waals surface area (Å²) in [6.07, 6.45) is 0. The van der Waals surface area contributed by atoms with Crippen molar-refractivity contribution in [1.29, 1.82) is 0 Å². The van der Waals surface area contributed by atoms with Gasteiger partial charge in [0.2, 0.25) is 5.28 Å². The summed E-state index contributed by atoms with van der Waals surface area (Å²) >= 11 is 6.19. The van der Waals surface area contributed by atoms with Crippen molar-refractivity contribution in [2.45, 2.75) is 38.9 Å². The third kappa shape index (κ3) is 11.5. The molecule has 0 saturated carbocycles. The fraction of sp³-hybridized carbons (Fsp3) is 0.0625. The first-order chi connectivity index (χ1) is 54.8. The molecule has 14 nitrogen and oxygen atoms in total. The van der Waals surface area contributed by atoms with Gasteiger partial charge in [0.1, 0.15) is 67.0 Å². The molecule has 0 atom stereocenters. The predicted molar refractivity (Wildman–Crippen MR) is 449 cm³/mol. The standard InChI is InChI=1S/C45H25N3O3.C30H25BO4.C21H12ClN3O/c1-2-9-26(10-3-1)43-46-44(48-45(47-43)36-14-8-13-35-31-12-5-7-16-38(31)51-42(35)36)29-19-22-34-33-21-18-28(24-40(33)50-41(34)25-29)27-17-20-32-30-11-4-6-15-37(30)49-39(32)23-27;1-29(2)30(3,4)35-31(34-29)20-11-14-24-23-13-10-19(16-27(23)33-28(24)17-20)18-9-12-22-21-7-5-6-8-25(21)32-26(22)15-18;22-21-24-19(13-7-2-1-3-8-13)23-20(25-21)16-11-6-10-15-14-9-4-5-12-17(14)26-18(15)16/h1-25H;5-17H,1-4H3;1-12H. The number of hydrogen-bond acceptors (Lipinski definition) is 14. The van der Waals surface area contributed by atoms with E-state index in [-0.39, 0.29) is 16.5 Å². The van der Waals surface area contributed by atoms with Crippen LogP contribution >= 0.6 is 11.6 Å². The lowest BCUT2D eigenvalue weighted by molar-refractivity contribution is 0.00578. The summed E-state index contributed by atoms with van der Waals surface area (Å²) in [5.74, 6) is 2.70. The second-order valence-electron chi connectivity index (χ2n) is 29.2. The number of hydrogen-bond donors (Lipinski definition) is 0. The Morgan fingerprint density at radius 3 is 0.946 bits per heavy atom. The molecule has 16 heteroatoms. The summed E-state index contributed by atoms with van der Waals surface area (Å²) in [5, 5.41) is 13.1. The molecule has 112 heavy (non-hydrogen) atoms. The number of aromatic nitrogens is 6. The van der Waals surface area contributed by atoms with E-state index >= 15 is 0 Å². The summed E-state index contributed by atoms with van der Waals surface area (Å²) in [6, 6.07) is 102. The molecule has 534 valence electrons. The van der Waals surface area contributed by atoms with Gasteiger partial charge in [-0.3, -0.25) is 0 Å². The van der Waals surface area contributed by atoms with Crippen LogP contribution in [0.1, 0.15) is 27.7 Å². The number of nitrogens with zero attached hydrogens (tertiary/aromatic N) is 6. The Morgan fingerprint density at radius 1 is 0.232 bits per heavy atom. The van der Waals surface area contributed by atoms with Crippen molar-refractivity contribution in [3.63, 3.8) is 0 Å². The van der Waals surface area contributed by atoms with E-state index in [0.717, 1.165) is 187 Å². The summed E-state index contributed by atoms with van der Waals surface area (Å²) in [4.78, 5) is 28.2. The molecular weight excluding hydrogens is 1410 g/mol. The fourth-order valence-corrected chi connectivity index (χ4v) is 15.5. The van der Waals surface area contributed by atoms with Gasteiger partial charge in [-0.25, -0.2) is 19.9 Å². The second-order valence-corrected chi connectivity index (χ2v) is 29.5. The van der Waals surface area contributed by atoms with E-state index in [0.29, 0.717) is 29.1 Å². The van der Waals surface area contributed by atoms with Crippen LogP contribution < -0.4 is 5.46 Å². The van der Waals surface area contributed by atoms with Crippen molar-refractivity contribution in [2.24, 2.45) is 0 Å². The van der Waals surface area contributed by atoms with E-state index in [1.165, 1.54) is 0 Å². The highest BCUT2D eigenvalue weighted by Gasteiger charge is 2.52. The second kappa shape index (κ2) is 26.2. The van der Waals surface area contributed by atoms with Gasteiger partial charge < -0.3 is 35.8 Å². The van der Waals surface area contributed by atoms with Crippen molar-refractivity contribution >= 4 is 156 Å². The number of furan rings is 6. The molecule has 0 radical (unpaired) electrons. The average Bonchev–Trinajstić information content (AvgIpc) is 1.60. The van der Waals surface area contributed by atoms with Crippen LogP contribution in [0.2, 0.25) is 5.28 Å². The van der Waals surface area contributed by atoms with E-state index in [2.05, 4.69) is 164 Å². The highest BCUT2D eigenvalue weighted by atomic mass is 35.5. The molecule has 23 rings (SSSR count). The maximum Gasteiger partial charge on any atom is 0.494 e. The van der Waals surface area contributed by atoms with Gasteiger partial charge in [-0.05, 0) is 170 Å². The van der Waals surface area contributed by atoms with Crippen LogP contribution in [0.3, 0.4) is 0 Å². The first-order valence-corrected chi connectivity index (χ1v) is 37.4. The third-order valence-electron chi connectivity index (χ3n) is 21.8. The SMILES string of the molecule is CC1(C)OB(c2ccc3c(c2)oc2cc(-c4ccc5c(c4)oc4ccccc45)ccc23)OC1(C)C.Clc1nc(-c2ccccc2)nc(-c2cccc3c2oc2ccccc23)n1.c1ccc(-c2nc(-c3ccc4c(c3)oc3cc(-c5ccc6c(c5)oc5ccccc56)ccc34)nc(-c3cccc4c3oc3ccccc34)n2)cc1. The van der Waals surface area contributed by atoms with Crippen LogP contribution in [-0.4, -0.2) is 48.2 Å². The van der Waals surface area contributed by atoms with E-state index in [4.69, 9.17) is 62.4 Å². The molecule has 1 aliphatic heterocycles. The van der Waals surface area contributed by atoms with Gasteiger partial charge in [-0.15, -0.1) is 0 Å². The van der Waals surface area contributed by atoms with Gasteiger partial charge in [0, 0.05) is 81.3 Å².